The SMILES string of the molecule is CC(O)c1ncc(C(=O)Nc2cc(C(F)(F)F)c(Cl)cn2)s1. The van der Waals surface area contributed by atoms with Gasteiger partial charge in [-0.15, -0.1) is 11.3 Å². The van der Waals surface area contributed by atoms with Crippen molar-refractivity contribution in [2.45, 2.75) is 19.2 Å². The van der Waals surface area contributed by atoms with E-state index in [1.54, 1.807) is 0 Å². The van der Waals surface area contributed by atoms with Crippen LogP contribution in [0, 0.1) is 0 Å². The Labute approximate surface area is 131 Å². The molecule has 0 fully saturated rings. The fraction of sp³-hybridized carbons (Fsp3) is 0.250. The van der Waals surface area contributed by atoms with Crippen molar-refractivity contribution in [3.63, 3.8) is 0 Å². The number of aromatic nitrogens is 2. The van der Waals surface area contributed by atoms with E-state index in [0.717, 1.165) is 17.5 Å². The fourth-order valence-electron chi connectivity index (χ4n) is 1.49. The highest BCUT2D eigenvalue weighted by molar-refractivity contribution is 7.13. The van der Waals surface area contributed by atoms with E-state index >= 15 is 0 Å². The van der Waals surface area contributed by atoms with E-state index in [0.29, 0.717) is 11.1 Å². The summed E-state index contributed by atoms with van der Waals surface area (Å²) in [5.41, 5.74) is -1.09. The van der Waals surface area contributed by atoms with Gasteiger partial charge in [-0.05, 0) is 13.0 Å². The van der Waals surface area contributed by atoms with Gasteiger partial charge in [0.15, 0.2) is 0 Å². The lowest BCUT2D eigenvalue weighted by Gasteiger charge is -2.10. The normalized spacial score (nSPS) is 13.0. The van der Waals surface area contributed by atoms with Crippen LogP contribution in [-0.2, 0) is 6.18 Å². The molecule has 2 rings (SSSR count). The van der Waals surface area contributed by atoms with Gasteiger partial charge in [-0.2, -0.15) is 13.2 Å². The third-order valence-corrected chi connectivity index (χ3v) is 3.97. The quantitative estimate of drug-likeness (QED) is 0.887. The van der Waals surface area contributed by atoms with Crippen LogP contribution in [0.4, 0.5) is 19.0 Å². The number of alkyl halides is 3. The highest BCUT2D eigenvalue weighted by Crippen LogP contribution is 2.35. The van der Waals surface area contributed by atoms with Gasteiger partial charge in [0.2, 0.25) is 0 Å². The molecule has 2 aromatic heterocycles. The Kier molecular flexibility index (Phi) is 4.69. The van der Waals surface area contributed by atoms with Crippen LogP contribution in [0.25, 0.3) is 0 Å². The number of hydrogen-bond donors (Lipinski definition) is 2. The molecule has 0 aromatic carbocycles. The molecule has 0 radical (unpaired) electrons. The van der Waals surface area contributed by atoms with Gasteiger partial charge in [-0.3, -0.25) is 4.79 Å². The third-order valence-electron chi connectivity index (χ3n) is 2.51. The van der Waals surface area contributed by atoms with Gasteiger partial charge >= 0.3 is 6.18 Å². The number of pyridine rings is 1. The summed E-state index contributed by atoms with van der Waals surface area (Å²) in [6.45, 7) is 1.48. The van der Waals surface area contributed by atoms with Crippen molar-refractivity contribution >= 4 is 34.7 Å². The number of hydrogen-bond acceptors (Lipinski definition) is 5. The summed E-state index contributed by atoms with van der Waals surface area (Å²) >= 11 is 6.37. The molecule has 10 heteroatoms. The molecule has 2 N–H and O–H groups in total. The van der Waals surface area contributed by atoms with E-state index in [1.807, 2.05) is 0 Å². The van der Waals surface area contributed by atoms with E-state index in [2.05, 4.69) is 15.3 Å². The maximum atomic E-state index is 12.7. The second kappa shape index (κ2) is 6.19. The molecule has 0 aliphatic heterocycles. The van der Waals surface area contributed by atoms with Crippen molar-refractivity contribution in [1.82, 2.24) is 9.97 Å². The van der Waals surface area contributed by atoms with Crippen LogP contribution >= 0.6 is 22.9 Å². The molecule has 22 heavy (non-hydrogen) atoms. The first-order valence-corrected chi connectivity index (χ1v) is 7.06. The van der Waals surface area contributed by atoms with E-state index in [9.17, 15) is 23.1 Å². The highest BCUT2D eigenvalue weighted by Gasteiger charge is 2.34. The summed E-state index contributed by atoms with van der Waals surface area (Å²) in [6, 6.07) is 0.650. The number of carbonyl (C=O) groups is 1. The predicted molar refractivity (Wildman–Crippen MR) is 75.0 cm³/mol. The Bertz CT molecular complexity index is 703. The number of carbonyl (C=O) groups excluding carboxylic acids is 1. The second-order valence-corrected chi connectivity index (χ2v) is 5.71. The summed E-state index contributed by atoms with van der Waals surface area (Å²) in [5.74, 6) is -0.957. The average molecular weight is 352 g/mol. The van der Waals surface area contributed by atoms with Gasteiger partial charge in [0.25, 0.3) is 5.91 Å². The fourth-order valence-corrected chi connectivity index (χ4v) is 2.45. The molecule has 0 aliphatic carbocycles. The lowest BCUT2D eigenvalue weighted by molar-refractivity contribution is -0.137. The molecule has 1 unspecified atom stereocenters. The molecule has 2 heterocycles. The summed E-state index contributed by atoms with van der Waals surface area (Å²) < 4.78 is 38.2. The number of anilines is 1. The maximum absolute atomic E-state index is 12.7. The average Bonchev–Trinajstić information content (AvgIpc) is 2.89. The Morgan fingerprint density at radius 3 is 2.64 bits per heavy atom. The molecule has 1 amide bonds. The summed E-state index contributed by atoms with van der Waals surface area (Å²) in [6.07, 6.45) is -3.45. The largest absolute Gasteiger partial charge is 0.418 e. The number of amides is 1. The molecule has 5 nitrogen and oxygen atoms in total. The Morgan fingerprint density at radius 2 is 2.09 bits per heavy atom. The number of nitrogens with zero attached hydrogens (tertiary/aromatic N) is 2. The molecule has 2 aromatic rings. The van der Waals surface area contributed by atoms with E-state index in [-0.39, 0.29) is 10.7 Å². The van der Waals surface area contributed by atoms with Crippen molar-refractivity contribution in [3.05, 3.63) is 38.9 Å². The van der Waals surface area contributed by atoms with Crippen LogP contribution in [0.2, 0.25) is 5.02 Å². The minimum Gasteiger partial charge on any atom is -0.386 e. The highest BCUT2D eigenvalue weighted by atomic mass is 35.5. The molecular weight excluding hydrogens is 343 g/mol. The zero-order valence-electron chi connectivity index (χ0n) is 11.0. The lowest BCUT2D eigenvalue weighted by Crippen LogP contribution is -2.13. The predicted octanol–water partition coefficient (Wildman–Crippen LogP) is 3.52. The summed E-state index contributed by atoms with van der Waals surface area (Å²) in [5, 5.41) is 11.3. The van der Waals surface area contributed by atoms with E-state index in [4.69, 9.17) is 11.6 Å². The number of halogens is 4. The molecule has 1 atom stereocenters. The van der Waals surface area contributed by atoms with Crippen molar-refractivity contribution in [2.24, 2.45) is 0 Å². The van der Waals surface area contributed by atoms with Crippen LogP contribution in [0.5, 0.6) is 0 Å². The first-order valence-electron chi connectivity index (χ1n) is 5.86. The molecular formula is C12H9ClF3N3O2S. The number of aliphatic hydroxyl groups excluding tert-OH is 1. The summed E-state index contributed by atoms with van der Waals surface area (Å²) in [7, 11) is 0. The molecule has 0 saturated carbocycles. The minimum absolute atomic E-state index is 0.140. The van der Waals surface area contributed by atoms with Crippen molar-refractivity contribution in [2.75, 3.05) is 5.32 Å². The van der Waals surface area contributed by atoms with Crippen molar-refractivity contribution in [1.29, 1.82) is 0 Å². The number of aliphatic hydroxyl groups is 1. The minimum atomic E-state index is -4.65. The standard InChI is InChI=1S/C12H9ClF3N3O2S/c1-5(20)11-18-4-8(22-11)10(21)19-9-2-6(12(14,15)16)7(13)3-17-9/h2-5,20H,1H3,(H,17,19,21). The van der Waals surface area contributed by atoms with Crippen molar-refractivity contribution in [3.8, 4) is 0 Å². The monoisotopic (exact) mass is 351 g/mol. The van der Waals surface area contributed by atoms with Gasteiger partial charge in [-0.1, -0.05) is 11.6 Å². The van der Waals surface area contributed by atoms with Gasteiger partial charge in [0.05, 0.1) is 16.8 Å². The van der Waals surface area contributed by atoms with E-state index in [1.165, 1.54) is 13.1 Å². The maximum Gasteiger partial charge on any atom is 0.418 e. The summed E-state index contributed by atoms with van der Waals surface area (Å²) in [4.78, 5) is 19.5. The Morgan fingerprint density at radius 1 is 1.41 bits per heavy atom. The van der Waals surface area contributed by atoms with Crippen LogP contribution in [0.3, 0.4) is 0 Å². The van der Waals surface area contributed by atoms with Crippen molar-refractivity contribution < 1.29 is 23.1 Å². The molecule has 0 aliphatic rings. The zero-order valence-corrected chi connectivity index (χ0v) is 12.6. The zero-order chi connectivity index (χ0) is 16.5. The first kappa shape index (κ1) is 16.7. The third kappa shape index (κ3) is 3.73. The van der Waals surface area contributed by atoms with Gasteiger partial charge in [-0.25, -0.2) is 9.97 Å². The van der Waals surface area contributed by atoms with Gasteiger partial charge in [0, 0.05) is 6.20 Å². The number of thiazole rings is 1. The number of rotatable bonds is 3. The lowest BCUT2D eigenvalue weighted by atomic mass is 10.2. The second-order valence-electron chi connectivity index (χ2n) is 4.24. The molecule has 0 saturated heterocycles. The van der Waals surface area contributed by atoms with Crippen LogP contribution in [0.15, 0.2) is 18.5 Å². The van der Waals surface area contributed by atoms with Crippen LogP contribution in [0.1, 0.15) is 33.3 Å². The van der Waals surface area contributed by atoms with Gasteiger partial charge < -0.3 is 10.4 Å². The molecule has 118 valence electrons. The smallest absolute Gasteiger partial charge is 0.386 e. The van der Waals surface area contributed by atoms with Crippen LogP contribution < -0.4 is 5.32 Å². The Balaban J connectivity index is 2.21. The topological polar surface area (TPSA) is 75.1 Å². The molecule has 0 bridgehead atoms. The molecule has 0 spiro atoms. The van der Waals surface area contributed by atoms with Gasteiger partial charge in [0.1, 0.15) is 21.8 Å². The Hall–Kier alpha value is -1.71. The van der Waals surface area contributed by atoms with Crippen LogP contribution in [-0.4, -0.2) is 21.0 Å². The van der Waals surface area contributed by atoms with E-state index < -0.39 is 28.8 Å². The number of nitrogens with one attached hydrogen (secondary N) is 1. The first-order chi connectivity index (χ1) is 10.2.